The number of fused-ring (bicyclic) bond motifs is 1. The zero-order valence-corrected chi connectivity index (χ0v) is 13.0. The van der Waals surface area contributed by atoms with Gasteiger partial charge in [-0.05, 0) is 48.0 Å². The van der Waals surface area contributed by atoms with Gasteiger partial charge in [0.1, 0.15) is 11.5 Å². The Morgan fingerprint density at radius 2 is 1.58 bits per heavy atom. The van der Waals surface area contributed by atoms with Gasteiger partial charge in [0, 0.05) is 30.6 Å². The number of phenols is 1. The average molecular weight is 326 g/mol. The zero-order valence-electron chi connectivity index (χ0n) is 13.0. The van der Waals surface area contributed by atoms with Crippen LogP contribution in [0.3, 0.4) is 0 Å². The molecule has 0 radical (unpaired) electrons. The molecular weight excluding hydrogens is 308 g/mol. The summed E-state index contributed by atoms with van der Waals surface area (Å²) in [7, 11) is 0. The fraction of sp³-hybridized carbons (Fsp3) is 0.222. The Labute approximate surface area is 139 Å². The SMILES string of the molecule is O=C(NCCNC(=O)c1ccc2c(c1)CCO2)c1ccc(O)cc1. The van der Waals surface area contributed by atoms with E-state index in [1.54, 1.807) is 6.07 Å². The lowest BCUT2D eigenvalue weighted by molar-refractivity contribution is 0.0927. The molecule has 0 saturated carbocycles. The molecule has 3 N–H and O–H groups in total. The van der Waals surface area contributed by atoms with Crippen molar-refractivity contribution in [1.29, 1.82) is 0 Å². The maximum atomic E-state index is 12.1. The summed E-state index contributed by atoms with van der Waals surface area (Å²) in [6.45, 7) is 1.31. The van der Waals surface area contributed by atoms with Crippen LogP contribution in [-0.2, 0) is 6.42 Å². The molecule has 0 atom stereocenters. The molecule has 0 aromatic heterocycles. The van der Waals surface area contributed by atoms with Gasteiger partial charge in [-0.3, -0.25) is 9.59 Å². The van der Waals surface area contributed by atoms with Crippen LogP contribution >= 0.6 is 0 Å². The molecule has 6 heteroatoms. The Bertz CT molecular complexity index is 756. The van der Waals surface area contributed by atoms with Gasteiger partial charge in [0.2, 0.25) is 0 Å². The Kier molecular flexibility index (Phi) is 4.65. The highest BCUT2D eigenvalue weighted by Crippen LogP contribution is 2.25. The summed E-state index contributed by atoms with van der Waals surface area (Å²) in [5.74, 6) is 0.522. The normalized spacial score (nSPS) is 12.2. The van der Waals surface area contributed by atoms with Crippen molar-refractivity contribution in [2.45, 2.75) is 6.42 Å². The largest absolute Gasteiger partial charge is 0.508 e. The van der Waals surface area contributed by atoms with E-state index < -0.39 is 0 Å². The molecule has 0 spiro atoms. The summed E-state index contributed by atoms with van der Waals surface area (Å²) in [5.41, 5.74) is 2.09. The Balaban J connectivity index is 1.45. The van der Waals surface area contributed by atoms with E-state index in [1.807, 2.05) is 12.1 Å². The van der Waals surface area contributed by atoms with Crippen molar-refractivity contribution in [3.8, 4) is 11.5 Å². The number of rotatable bonds is 5. The van der Waals surface area contributed by atoms with Crippen molar-refractivity contribution in [3.05, 3.63) is 59.2 Å². The van der Waals surface area contributed by atoms with Gasteiger partial charge in [-0.15, -0.1) is 0 Å². The summed E-state index contributed by atoms with van der Waals surface area (Å²) < 4.78 is 5.41. The Hall–Kier alpha value is -3.02. The first kappa shape index (κ1) is 15.9. The minimum atomic E-state index is -0.251. The third-order valence-corrected chi connectivity index (χ3v) is 3.78. The van der Waals surface area contributed by atoms with E-state index in [0.29, 0.717) is 30.8 Å². The molecule has 2 aromatic carbocycles. The number of nitrogens with one attached hydrogen (secondary N) is 2. The van der Waals surface area contributed by atoms with E-state index in [2.05, 4.69) is 10.6 Å². The lowest BCUT2D eigenvalue weighted by Crippen LogP contribution is -2.34. The Morgan fingerprint density at radius 1 is 0.958 bits per heavy atom. The van der Waals surface area contributed by atoms with Crippen molar-refractivity contribution >= 4 is 11.8 Å². The molecule has 0 saturated heterocycles. The highest BCUT2D eigenvalue weighted by atomic mass is 16.5. The molecule has 0 unspecified atom stereocenters. The molecule has 1 heterocycles. The van der Waals surface area contributed by atoms with E-state index in [0.717, 1.165) is 17.7 Å². The molecule has 1 aliphatic heterocycles. The second-order valence-electron chi connectivity index (χ2n) is 5.48. The molecule has 0 fully saturated rings. The number of carbonyl (C=O) groups excluding carboxylic acids is 2. The van der Waals surface area contributed by atoms with Gasteiger partial charge in [0.25, 0.3) is 11.8 Å². The van der Waals surface area contributed by atoms with Gasteiger partial charge in [-0.1, -0.05) is 0 Å². The summed E-state index contributed by atoms with van der Waals surface area (Å²) in [4.78, 5) is 24.0. The molecule has 2 aromatic rings. The molecule has 0 bridgehead atoms. The first-order valence-corrected chi connectivity index (χ1v) is 7.74. The van der Waals surface area contributed by atoms with Crippen molar-refractivity contribution in [3.63, 3.8) is 0 Å². The van der Waals surface area contributed by atoms with E-state index >= 15 is 0 Å². The third-order valence-electron chi connectivity index (χ3n) is 3.78. The van der Waals surface area contributed by atoms with Crippen LogP contribution in [0.5, 0.6) is 11.5 Å². The van der Waals surface area contributed by atoms with E-state index in [-0.39, 0.29) is 17.6 Å². The summed E-state index contributed by atoms with van der Waals surface area (Å²) in [6, 6.07) is 11.4. The van der Waals surface area contributed by atoms with Gasteiger partial charge >= 0.3 is 0 Å². The van der Waals surface area contributed by atoms with Gasteiger partial charge in [0.05, 0.1) is 6.61 Å². The fourth-order valence-electron chi connectivity index (χ4n) is 2.50. The van der Waals surface area contributed by atoms with Crippen LogP contribution in [-0.4, -0.2) is 36.6 Å². The summed E-state index contributed by atoms with van der Waals surface area (Å²) in [6.07, 6.45) is 0.819. The predicted octanol–water partition coefficient (Wildman–Crippen LogP) is 1.49. The molecule has 24 heavy (non-hydrogen) atoms. The van der Waals surface area contributed by atoms with Crippen LogP contribution in [0.25, 0.3) is 0 Å². The van der Waals surface area contributed by atoms with Gasteiger partial charge in [-0.25, -0.2) is 0 Å². The van der Waals surface area contributed by atoms with Crippen LogP contribution in [0.15, 0.2) is 42.5 Å². The van der Waals surface area contributed by atoms with Gasteiger partial charge in [0.15, 0.2) is 0 Å². The monoisotopic (exact) mass is 326 g/mol. The first-order valence-electron chi connectivity index (χ1n) is 7.74. The molecule has 1 aliphatic rings. The van der Waals surface area contributed by atoms with Gasteiger partial charge < -0.3 is 20.5 Å². The van der Waals surface area contributed by atoms with Crippen LogP contribution in [0, 0.1) is 0 Å². The maximum absolute atomic E-state index is 12.1. The quantitative estimate of drug-likeness (QED) is 0.727. The number of hydrogen-bond acceptors (Lipinski definition) is 4. The number of ether oxygens (including phenoxy) is 1. The average Bonchev–Trinajstić information content (AvgIpc) is 3.06. The maximum Gasteiger partial charge on any atom is 0.251 e. The minimum Gasteiger partial charge on any atom is -0.508 e. The first-order chi connectivity index (χ1) is 11.6. The third kappa shape index (κ3) is 3.65. The van der Waals surface area contributed by atoms with Crippen LogP contribution in [0.2, 0.25) is 0 Å². The highest BCUT2D eigenvalue weighted by Gasteiger charge is 2.14. The van der Waals surface area contributed by atoms with Gasteiger partial charge in [-0.2, -0.15) is 0 Å². The van der Waals surface area contributed by atoms with Crippen LogP contribution in [0.1, 0.15) is 26.3 Å². The second kappa shape index (κ2) is 7.04. The number of carbonyl (C=O) groups is 2. The minimum absolute atomic E-state index is 0.110. The van der Waals surface area contributed by atoms with E-state index in [1.165, 1.54) is 24.3 Å². The number of aromatic hydroxyl groups is 1. The molecule has 124 valence electrons. The fourth-order valence-corrected chi connectivity index (χ4v) is 2.50. The highest BCUT2D eigenvalue weighted by molar-refractivity contribution is 5.95. The van der Waals surface area contributed by atoms with Crippen LogP contribution in [0.4, 0.5) is 0 Å². The van der Waals surface area contributed by atoms with E-state index in [9.17, 15) is 14.7 Å². The van der Waals surface area contributed by atoms with Crippen LogP contribution < -0.4 is 15.4 Å². The van der Waals surface area contributed by atoms with Crippen molar-refractivity contribution < 1.29 is 19.4 Å². The van der Waals surface area contributed by atoms with Crippen molar-refractivity contribution in [2.24, 2.45) is 0 Å². The molecular formula is C18H18N2O4. The summed E-state index contributed by atoms with van der Waals surface area (Å²) >= 11 is 0. The van der Waals surface area contributed by atoms with Crippen molar-refractivity contribution in [1.82, 2.24) is 10.6 Å². The standard InChI is InChI=1S/C18H18N2O4/c21-15-4-1-12(2-5-15)17(22)19-8-9-20-18(23)14-3-6-16-13(11-14)7-10-24-16/h1-6,11,21H,7-10H2,(H,19,22)(H,20,23). The second-order valence-corrected chi connectivity index (χ2v) is 5.48. The Morgan fingerprint density at radius 3 is 2.29 bits per heavy atom. The lowest BCUT2D eigenvalue weighted by Gasteiger charge is -2.08. The molecule has 6 nitrogen and oxygen atoms in total. The predicted molar refractivity (Wildman–Crippen MR) is 88.4 cm³/mol. The number of amides is 2. The smallest absolute Gasteiger partial charge is 0.251 e. The zero-order chi connectivity index (χ0) is 16.9. The molecule has 2 amide bonds. The topological polar surface area (TPSA) is 87.7 Å². The van der Waals surface area contributed by atoms with E-state index in [4.69, 9.17) is 4.74 Å². The van der Waals surface area contributed by atoms with Crippen molar-refractivity contribution in [2.75, 3.05) is 19.7 Å². The molecule has 3 rings (SSSR count). The lowest BCUT2D eigenvalue weighted by atomic mass is 10.1. The molecule has 0 aliphatic carbocycles. The number of hydrogen-bond donors (Lipinski definition) is 3. The number of phenolic OH excluding ortho intramolecular Hbond substituents is 1. The summed E-state index contributed by atoms with van der Waals surface area (Å²) in [5, 5.41) is 14.7. The number of benzene rings is 2.